The van der Waals surface area contributed by atoms with Gasteiger partial charge in [-0.2, -0.15) is 0 Å². The highest BCUT2D eigenvalue weighted by molar-refractivity contribution is 6.04. The number of hydrogen-bond acceptors (Lipinski definition) is 5. The van der Waals surface area contributed by atoms with Crippen molar-refractivity contribution in [2.75, 3.05) is 27.3 Å². The molecule has 1 heterocycles. The van der Waals surface area contributed by atoms with Gasteiger partial charge in [0.15, 0.2) is 0 Å². The zero-order valence-electron chi connectivity index (χ0n) is 27.2. The van der Waals surface area contributed by atoms with Gasteiger partial charge in [0.1, 0.15) is 23.4 Å². The molecule has 5 aromatic rings. The summed E-state index contributed by atoms with van der Waals surface area (Å²) in [6.45, 7) is 2.87. The van der Waals surface area contributed by atoms with Gasteiger partial charge in [0.25, 0.3) is 5.91 Å². The number of piperidine rings is 1. The number of hydrogen-bond donors (Lipinski definition) is 2. The summed E-state index contributed by atoms with van der Waals surface area (Å²) < 4.78 is 27.0. The number of aliphatic carboxylic acids is 1. The van der Waals surface area contributed by atoms with Crippen molar-refractivity contribution in [3.63, 3.8) is 0 Å². The molecule has 0 spiro atoms. The van der Waals surface area contributed by atoms with Crippen LogP contribution in [0.3, 0.4) is 0 Å². The van der Waals surface area contributed by atoms with E-state index in [-0.39, 0.29) is 12.0 Å². The van der Waals surface area contributed by atoms with Crippen molar-refractivity contribution in [2.45, 2.75) is 38.3 Å². The second kappa shape index (κ2) is 14.7. The Morgan fingerprint density at radius 1 is 0.792 bits per heavy atom. The van der Waals surface area contributed by atoms with Crippen molar-refractivity contribution in [3.8, 4) is 33.8 Å². The van der Waals surface area contributed by atoms with Crippen LogP contribution in [-0.4, -0.2) is 55.2 Å². The summed E-state index contributed by atoms with van der Waals surface area (Å²) >= 11 is 0. The van der Waals surface area contributed by atoms with E-state index in [1.54, 1.807) is 44.6 Å². The molecule has 1 atom stereocenters. The van der Waals surface area contributed by atoms with Crippen molar-refractivity contribution in [1.29, 1.82) is 0 Å². The Bertz CT molecular complexity index is 1940. The van der Waals surface area contributed by atoms with Crippen molar-refractivity contribution in [1.82, 2.24) is 10.2 Å². The van der Waals surface area contributed by atoms with Crippen molar-refractivity contribution in [2.24, 2.45) is 0 Å². The maximum absolute atomic E-state index is 15.1. The molecule has 0 aliphatic carbocycles. The summed E-state index contributed by atoms with van der Waals surface area (Å²) in [6.07, 6.45) is 3.61. The lowest BCUT2D eigenvalue weighted by Gasteiger charge is -2.28. The molecule has 0 aromatic heterocycles. The zero-order valence-corrected chi connectivity index (χ0v) is 27.2. The molecule has 1 aliphatic heterocycles. The van der Waals surface area contributed by atoms with Crippen LogP contribution in [0.15, 0.2) is 97.1 Å². The molecule has 6 rings (SSSR count). The predicted molar refractivity (Wildman–Crippen MR) is 186 cm³/mol. The van der Waals surface area contributed by atoms with Crippen molar-refractivity contribution in [3.05, 3.63) is 120 Å². The Balaban J connectivity index is 1.35. The highest BCUT2D eigenvalue weighted by Crippen LogP contribution is 2.44. The molecule has 5 aromatic carbocycles. The second-order valence-corrected chi connectivity index (χ2v) is 12.1. The first kappa shape index (κ1) is 32.7. The maximum Gasteiger partial charge on any atom is 0.326 e. The molecule has 48 heavy (non-hydrogen) atoms. The lowest BCUT2D eigenvalue weighted by atomic mass is 9.91. The Hall–Kier alpha value is -5.21. The van der Waals surface area contributed by atoms with Crippen LogP contribution in [0.4, 0.5) is 4.39 Å². The Morgan fingerprint density at radius 3 is 2.23 bits per heavy atom. The average molecular weight is 647 g/mol. The van der Waals surface area contributed by atoms with Crippen LogP contribution in [0.25, 0.3) is 33.0 Å². The molecule has 0 radical (unpaired) electrons. The number of carboxylic acids is 1. The fraction of sp³-hybridized carbons (Fsp3) is 0.250. The smallest absolute Gasteiger partial charge is 0.326 e. The van der Waals surface area contributed by atoms with Gasteiger partial charge in [-0.15, -0.1) is 0 Å². The summed E-state index contributed by atoms with van der Waals surface area (Å²) in [5.74, 6) is -1.32. The third kappa shape index (κ3) is 6.75. The molecule has 246 valence electrons. The van der Waals surface area contributed by atoms with Crippen LogP contribution in [0.5, 0.6) is 11.5 Å². The van der Waals surface area contributed by atoms with E-state index < -0.39 is 23.7 Å². The molecule has 7 nitrogen and oxygen atoms in total. The largest absolute Gasteiger partial charge is 0.496 e. The lowest BCUT2D eigenvalue weighted by Crippen LogP contribution is -2.42. The minimum Gasteiger partial charge on any atom is -0.496 e. The van der Waals surface area contributed by atoms with E-state index in [1.165, 1.54) is 31.4 Å². The quantitative estimate of drug-likeness (QED) is 0.153. The normalized spacial score (nSPS) is 14.0. The molecule has 0 unspecified atom stereocenters. The van der Waals surface area contributed by atoms with E-state index >= 15 is 4.39 Å². The van der Waals surface area contributed by atoms with Gasteiger partial charge in [-0.05, 0) is 71.1 Å². The number of fused-ring (bicyclic) bond motifs is 1. The first-order valence-electron chi connectivity index (χ1n) is 16.2. The first-order chi connectivity index (χ1) is 23.4. The summed E-state index contributed by atoms with van der Waals surface area (Å²) in [5, 5.41) is 14.6. The third-order valence-electron chi connectivity index (χ3n) is 9.10. The standard InChI is InChI=1S/C40H39FN2O5/c1-47-35-21-20-28(25-43-22-7-4-8-23-43)38(48-2)37(35)32-18-10-15-29-27(14-9-17-31(29)32)24-34(40(45)46)42-39(44)36-30(16-11-19-33(36)41)26-12-5-3-6-13-26/h3,5-6,9-21,34H,4,7-8,22-25H2,1-2H3,(H,42,44)(H,45,46)/t34-/m0/s1. The highest BCUT2D eigenvalue weighted by Gasteiger charge is 2.27. The number of benzene rings is 5. The number of carbonyl (C=O) groups is 2. The second-order valence-electron chi connectivity index (χ2n) is 12.1. The van der Waals surface area contributed by atoms with Crippen LogP contribution in [0.1, 0.15) is 40.7 Å². The number of rotatable bonds is 11. The summed E-state index contributed by atoms with van der Waals surface area (Å²) in [5.41, 5.74) is 4.35. The molecule has 1 saturated heterocycles. The fourth-order valence-electron chi connectivity index (χ4n) is 6.78. The molecule has 0 bridgehead atoms. The molecular formula is C40H39FN2O5. The van der Waals surface area contributed by atoms with E-state index in [0.717, 1.165) is 58.4 Å². The number of methoxy groups -OCH3 is 2. The van der Waals surface area contributed by atoms with Crippen LogP contribution >= 0.6 is 0 Å². The molecule has 0 saturated carbocycles. The number of carbonyl (C=O) groups excluding carboxylic acids is 1. The number of halogens is 1. The maximum atomic E-state index is 15.1. The van der Waals surface area contributed by atoms with Crippen molar-refractivity contribution >= 4 is 22.6 Å². The van der Waals surface area contributed by atoms with Crippen LogP contribution in [0, 0.1) is 5.82 Å². The number of amides is 1. The summed E-state index contributed by atoms with van der Waals surface area (Å²) in [6, 6.07) is 27.7. The van der Waals surface area contributed by atoms with E-state index in [1.807, 2.05) is 48.5 Å². The van der Waals surface area contributed by atoms with Gasteiger partial charge < -0.3 is 19.9 Å². The molecule has 1 fully saturated rings. The van der Waals surface area contributed by atoms with Crippen LogP contribution < -0.4 is 14.8 Å². The lowest BCUT2D eigenvalue weighted by molar-refractivity contribution is -0.139. The monoisotopic (exact) mass is 646 g/mol. The molecular weight excluding hydrogens is 607 g/mol. The van der Waals surface area contributed by atoms with Crippen LogP contribution in [0.2, 0.25) is 0 Å². The molecule has 1 amide bonds. The minimum atomic E-state index is -1.31. The SMILES string of the molecule is COc1ccc(CN2CCCCC2)c(OC)c1-c1cccc2c(C[C@H](NC(=O)c3c(F)cccc3-c3ccccc3)C(=O)O)cccc12. The summed E-state index contributed by atoms with van der Waals surface area (Å²) in [7, 11) is 3.31. The zero-order chi connectivity index (χ0) is 33.6. The van der Waals surface area contributed by atoms with Crippen LogP contribution in [-0.2, 0) is 17.8 Å². The molecule has 8 heteroatoms. The van der Waals surface area contributed by atoms with Gasteiger partial charge in [-0.25, -0.2) is 9.18 Å². The van der Waals surface area contributed by atoms with E-state index in [2.05, 4.69) is 16.3 Å². The first-order valence-corrected chi connectivity index (χ1v) is 16.2. The van der Waals surface area contributed by atoms with Gasteiger partial charge in [-0.1, -0.05) is 91.3 Å². The number of nitrogens with one attached hydrogen (secondary N) is 1. The van der Waals surface area contributed by atoms with E-state index in [4.69, 9.17) is 9.47 Å². The van der Waals surface area contributed by atoms with Gasteiger partial charge in [0.2, 0.25) is 0 Å². The summed E-state index contributed by atoms with van der Waals surface area (Å²) in [4.78, 5) is 28.5. The predicted octanol–water partition coefficient (Wildman–Crippen LogP) is 7.74. The number of ether oxygens (including phenoxy) is 2. The van der Waals surface area contributed by atoms with Gasteiger partial charge in [0.05, 0.1) is 25.3 Å². The van der Waals surface area contributed by atoms with Gasteiger partial charge in [0, 0.05) is 18.5 Å². The molecule has 2 N–H and O–H groups in total. The number of likely N-dealkylation sites (tertiary alicyclic amines) is 1. The Morgan fingerprint density at radius 2 is 1.50 bits per heavy atom. The fourth-order valence-corrected chi connectivity index (χ4v) is 6.78. The highest BCUT2D eigenvalue weighted by atomic mass is 19.1. The number of nitrogens with zero attached hydrogens (tertiary/aromatic N) is 1. The van der Waals surface area contributed by atoms with E-state index in [0.29, 0.717) is 16.9 Å². The third-order valence-corrected chi connectivity index (χ3v) is 9.10. The van der Waals surface area contributed by atoms with Gasteiger partial charge >= 0.3 is 5.97 Å². The Labute approximate surface area is 279 Å². The number of carboxylic acid groups (broad SMARTS) is 1. The van der Waals surface area contributed by atoms with Crippen molar-refractivity contribution < 1.29 is 28.6 Å². The van der Waals surface area contributed by atoms with E-state index in [9.17, 15) is 14.7 Å². The Kier molecular flexibility index (Phi) is 10.0. The topological polar surface area (TPSA) is 88.1 Å². The average Bonchev–Trinajstić information content (AvgIpc) is 3.11. The minimum absolute atomic E-state index is 0.0136. The molecule has 1 aliphatic rings. The van der Waals surface area contributed by atoms with Gasteiger partial charge in [-0.3, -0.25) is 9.69 Å².